The molecule has 2 spiro atoms. The maximum Gasteiger partial charge on any atom is 0.0996 e. The van der Waals surface area contributed by atoms with Crippen LogP contribution in [0.25, 0.3) is 82.6 Å². The molecule has 2 heteroatoms. The predicted octanol–water partition coefficient (Wildman–Crippen LogP) is 16.4. The van der Waals surface area contributed by atoms with E-state index in [-0.39, 0.29) is 11.8 Å². The highest BCUT2D eigenvalue weighted by Gasteiger charge is 2.56. The van der Waals surface area contributed by atoms with Gasteiger partial charge in [-0.3, -0.25) is 0 Å². The van der Waals surface area contributed by atoms with Crippen LogP contribution in [0.1, 0.15) is 95.3 Å². The lowest BCUT2D eigenvalue weighted by Crippen LogP contribution is -2.27. The third-order valence-electron chi connectivity index (χ3n) is 18.9. The summed E-state index contributed by atoms with van der Waals surface area (Å²) in [6.45, 7) is 0. The molecule has 7 aliphatic rings. The Balaban J connectivity index is 1.05. The molecule has 2 heterocycles. The maximum absolute atomic E-state index is 11.9. The molecule has 0 saturated carbocycles. The zero-order chi connectivity index (χ0) is 47.2. The first-order chi connectivity index (χ1) is 36.2. The summed E-state index contributed by atoms with van der Waals surface area (Å²) in [5.74, 6) is 0.105. The summed E-state index contributed by atoms with van der Waals surface area (Å²) in [7, 11) is 0. The third-order valence-corrected chi connectivity index (χ3v) is 18.9. The van der Waals surface area contributed by atoms with Gasteiger partial charge in [-0.05, 0) is 141 Å². The molecule has 0 aliphatic heterocycles. The van der Waals surface area contributed by atoms with E-state index in [0.717, 1.165) is 16.6 Å². The molecular weight excluding hydrogens is 881 g/mol. The fourth-order valence-corrected chi connectivity index (χ4v) is 16.8. The molecule has 0 N–H and O–H groups in total. The molecule has 332 valence electrons. The van der Waals surface area contributed by atoms with Gasteiger partial charge in [0.25, 0.3) is 0 Å². The highest BCUT2D eigenvalue weighted by molar-refractivity contribution is 6.31. The molecule has 7 aliphatic carbocycles. The minimum atomic E-state index is -0.669. The molecule has 2 aromatic heterocycles. The molecule has 0 unspecified atom stereocenters. The lowest BCUT2D eigenvalue weighted by molar-refractivity contribution is 0.762. The second-order valence-electron chi connectivity index (χ2n) is 21.4. The molecule has 2 nitrogen and oxygen atoms in total. The van der Waals surface area contributed by atoms with Gasteiger partial charge in [-0.25, -0.2) is 0 Å². The average molecular weight is 919 g/mol. The van der Waals surface area contributed by atoms with Crippen molar-refractivity contribution in [3.8, 4) is 50.6 Å². The van der Waals surface area contributed by atoms with Crippen molar-refractivity contribution in [3.63, 3.8) is 0 Å². The summed E-state index contributed by atoms with van der Waals surface area (Å²) in [5.41, 5.74) is 32.0. The molecule has 73 heavy (non-hydrogen) atoms. The van der Waals surface area contributed by atoms with E-state index < -0.39 is 10.8 Å². The topological polar surface area (TPSA) is 28.2 Å². The summed E-state index contributed by atoms with van der Waals surface area (Å²) in [6.07, 6.45) is 0. The zero-order valence-electron chi connectivity index (χ0n) is 39.3. The second kappa shape index (κ2) is 12.4. The number of aromatic nitrogens is 1. The third kappa shape index (κ3) is 3.83. The van der Waals surface area contributed by atoms with Crippen LogP contribution >= 0.6 is 0 Å². The molecule has 0 amide bonds. The van der Waals surface area contributed by atoms with Gasteiger partial charge in [0.15, 0.2) is 0 Å². The van der Waals surface area contributed by atoms with Crippen molar-refractivity contribution >= 4 is 38.1 Å². The Morgan fingerprint density at radius 1 is 0.356 bits per heavy atom. The normalized spacial score (nSPS) is 17.2. The lowest BCUT2D eigenvalue weighted by atomic mass is 9.60. The van der Waals surface area contributed by atoms with Crippen molar-refractivity contribution in [3.05, 3.63) is 302 Å². The fourth-order valence-electron chi connectivity index (χ4n) is 16.8. The number of hydrogen-bond acceptors (Lipinski definition) is 1. The summed E-state index contributed by atoms with van der Waals surface area (Å²) >= 11 is 0. The fraction of sp³-hybridized carbons (Fsp3) is 0.0563. The van der Waals surface area contributed by atoms with Crippen LogP contribution in [0.4, 0.5) is 0 Å². The highest BCUT2D eigenvalue weighted by Crippen LogP contribution is 2.69. The highest BCUT2D eigenvalue weighted by atomic mass is 14.9. The number of nitriles is 1. The summed E-state index contributed by atoms with van der Waals surface area (Å²) in [5, 5.41) is 17.1. The van der Waals surface area contributed by atoms with Crippen molar-refractivity contribution in [2.45, 2.75) is 22.7 Å². The first-order valence-electron chi connectivity index (χ1n) is 25.8. The van der Waals surface area contributed by atoms with E-state index in [1.165, 1.54) is 149 Å². The van der Waals surface area contributed by atoms with E-state index in [0.29, 0.717) is 0 Å². The molecule has 11 aromatic carbocycles. The van der Waals surface area contributed by atoms with Crippen LogP contribution in [0.5, 0.6) is 0 Å². The Labute approximate surface area is 420 Å². The van der Waals surface area contributed by atoms with Crippen LogP contribution in [0.3, 0.4) is 0 Å². The number of fused-ring (bicyclic) bond motifs is 28. The van der Waals surface area contributed by atoms with Crippen LogP contribution in [0.15, 0.2) is 218 Å². The van der Waals surface area contributed by atoms with E-state index >= 15 is 0 Å². The number of nitrogens with zero attached hydrogens (tertiary/aromatic N) is 2. The minimum Gasteiger partial charge on any atom is -0.308 e. The molecule has 0 fully saturated rings. The van der Waals surface area contributed by atoms with Gasteiger partial charge in [-0.15, -0.1) is 0 Å². The molecule has 13 aromatic rings. The molecule has 0 saturated heterocycles. The van der Waals surface area contributed by atoms with Crippen LogP contribution in [0.2, 0.25) is 0 Å². The Bertz CT molecular complexity index is 4700. The van der Waals surface area contributed by atoms with E-state index in [4.69, 9.17) is 0 Å². The predicted molar refractivity (Wildman–Crippen MR) is 293 cm³/mol. The van der Waals surface area contributed by atoms with E-state index in [1.807, 2.05) is 0 Å². The first-order valence-corrected chi connectivity index (χ1v) is 25.8. The van der Waals surface area contributed by atoms with Gasteiger partial charge in [-0.2, -0.15) is 5.26 Å². The second-order valence-corrected chi connectivity index (χ2v) is 21.4. The zero-order valence-corrected chi connectivity index (χ0v) is 39.3. The van der Waals surface area contributed by atoms with Crippen molar-refractivity contribution in [2.75, 3.05) is 0 Å². The lowest BCUT2D eigenvalue weighted by Gasteiger charge is -2.42. The van der Waals surface area contributed by atoms with Crippen LogP contribution < -0.4 is 0 Å². The standard InChI is InChI=1S/C71H38N2/c72-37-38-35-59-66(65-48-26-10-16-32-56(48)71(68(38)65)53-29-13-7-19-41(53)42-20-8-14-30-54(42)71)67-64-49(60-43-21-1-3-23-45(43)61(64)46-24-4-2-22-44(46)60)36-50-63-58(73(59)69(50)67)34-33-57-62(63)47-25-9-15-31-55(47)70(57)51-27-11-5-17-39(51)40-18-6-12-28-52(40)70/h1-36,60-61H. The van der Waals surface area contributed by atoms with Gasteiger partial charge in [0, 0.05) is 33.4 Å². The largest absolute Gasteiger partial charge is 0.308 e. The van der Waals surface area contributed by atoms with Crippen molar-refractivity contribution in [1.29, 1.82) is 5.26 Å². The molecule has 2 bridgehead atoms. The van der Waals surface area contributed by atoms with E-state index in [9.17, 15) is 5.26 Å². The SMILES string of the molecule is N#Cc1cc2c(c3c1C1(c4ccccc4-c4ccccc41)c1ccccc1-3)c1c3c(cc4c5c6c(ccc5n2c41)C1(c2ccccc2-c2ccccc21)c1ccccc1-6)C1c2ccccc2C3c2ccccc21. The molecular formula is C71H38N2. The number of hydrogen-bond donors (Lipinski definition) is 0. The number of benzene rings is 11. The van der Waals surface area contributed by atoms with Crippen molar-refractivity contribution < 1.29 is 0 Å². The summed E-state index contributed by atoms with van der Waals surface area (Å²) in [4.78, 5) is 0. The number of rotatable bonds is 0. The van der Waals surface area contributed by atoms with E-state index in [2.05, 4.69) is 229 Å². The van der Waals surface area contributed by atoms with Crippen molar-refractivity contribution in [1.82, 2.24) is 4.40 Å². The average Bonchev–Trinajstić information content (AvgIpc) is 4.27. The van der Waals surface area contributed by atoms with Gasteiger partial charge in [0.2, 0.25) is 0 Å². The van der Waals surface area contributed by atoms with Gasteiger partial charge in [0.05, 0.1) is 39.0 Å². The maximum atomic E-state index is 11.9. The Morgan fingerprint density at radius 3 is 1.33 bits per heavy atom. The van der Waals surface area contributed by atoms with Crippen LogP contribution in [0, 0.1) is 11.3 Å². The van der Waals surface area contributed by atoms with E-state index in [1.54, 1.807) is 0 Å². The van der Waals surface area contributed by atoms with Gasteiger partial charge >= 0.3 is 0 Å². The monoisotopic (exact) mass is 918 g/mol. The van der Waals surface area contributed by atoms with Crippen LogP contribution in [-0.2, 0) is 10.8 Å². The molecule has 0 atom stereocenters. The Kier molecular flexibility index (Phi) is 6.38. The molecule has 20 rings (SSSR count). The minimum absolute atomic E-state index is 0.0373. The Hall–Kier alpha value is -9.29. The first kappa shape index (κ1) is 37.5. The Morgan fingerprint density at radius 2 is 0.795 bits per heavy atom. The van der Waals surface area contributed by atoms with Gasteiger partial charge in [0.1, 0.15) is 0 Å². The van der Waals surface area contributed by atoms with Gasteiger partial charge < -0.3 is 4.40 Å². The quantitative estimate of drug-likeness (QED) is 0.149. The summed E-state index contributed by atoms with van der Waals surface area (Å²) in [6, 6.07) is 85.9. The van der Waals surface area contributed by atoms with Gasteiger partial charge in [-0.1, -0.05) is 200 Å². The van der Waals surface area contributed by atoms with Crippen LogP contribution in [-0.4, -0.2) is 4.40 Å². The molecule has 0 radical (unpaired) electrons. The van der Waals surface area contributed by atoms with Crippen molar-refractivity contribution in [2.24, 2.45) is 0 Å². The smallest absolute Gasteiger partial charge is 0.0996 e. The summed E-state index contributed by atoms with van der Waals surface area (Å²) < 4.78 is 2.60.